The molecule has 1 atom stereocenters. The van der Waals surface area contributed by atoms with Crippen molar-refractivity contribution in [3.63, 3.8) is 0 Å². The molecule has 0 amide bonds. The van der Waals surface area contributed by atoms with Crippen molar-refractivity contribution in [2.75, 3.05) is 6.54 Å². The van der Waals surface area contributed by atoms with Gasteiger partial charge in [-0.15, -0.1) is 11.3 Å². The second-order valence-electron chi connectivity index (χ2n) is 5.29. The van der Waals surface area contributed by atoms with E-state index in [2.05, 4.69) is 73.2 Å². The summed E-state index contributed by atoms with van der Waals surface area (Å²) in [5, 5.41) is 3.71. The minimum absolute atomic E-state index is 0.297. The fourth-order valence-electron chi connectivity index (χ4n) is 2.50. The number of aryl methyl sites for hydroxylation is 3. The Bertz CT molecular complexity index is 589. The molecule has 0 aliphatic rings. The topological polar surface area (TPSA) is 12.0 Å². The molecular formula is C17H22BrNS. The van der Waals surface area contributed by atoms with Gasteiger partial charge in [-0.25, -0.2) is 0 Å². The van der Waals surface area contributed by atoms with E-state index in [0.717, 1.165) is 17.4 Å². The molecule has 2 aromatic rings. The maximum atomic E-state index is 3.71. The monoisotopic (exact) mass is 351 g/mol. The van der Waals surface area contributed by atoms with Gasteiger partial charge < -0.3 is 5.32 Å². The first-order valence-corrected chi connectivity index (χ1v) is 8.70. The highest BCUT2D eigenvalue weighted by Gasteiger charge is 2.19. The quantitative estimate of drug-likeness (QED) is 0.747. The maximum absolute atomic E-state index is 3.71. The first-order chi connectivity index (χ1) is 9.52. The molecule has 20 heavy (non-hydrogen) atoms. The number of hydrogen-bond donors (Lipinski definition) is 1. The Morgan fingerprint density at radius 2 is 1.90 bits per heavy atom. The average molecular weight is 352 g/mol. The molecule has 0 saturated carbocycles. The number of rotatable bonds is 5. The van der Waals surface area contributed by atoms with Gasteiger partial charge in [-0.1, -0.05) is 28.9 Å². The van der Waals surface area contributed by atoms with Gasteiger partial charge in [-0.05, 0) is 68.6 Å². The smallest absolute Gasteiger partial charge is 0.0676 e. The van der Waals surface area contributed by atoms with Crippen LogP contribution in [0.5, 0.6) is 0 Å². The molecular weight excluding hydrogens is 330 g/mol. The van der Waals surface area contributed by atoms with E-state index >= 15 is 0 Å². The standard InChI is InChI=1S/C17H22BrNS/c1-5-8-19-16(17-12(3)9-13(4)20-17)15-10-14(18)7-6-11(15)2/h6-7,9-10,16,19H,5,8H2,1-4H3. The Morgan fingerprint density at radius 3 is 2.50 bits per heavy atom. The Kier molecular flexibility index (Phi) is 5.42. The third kappa shape index (κ3) is 3.51. The lowest BCUT2D eigenvalue weighted by atomic mass is 9.98. The minimum Gasteiger partial charge on any atom is -0.306 e. The SMILES string of the molecule is CCCNC(c1cc(Br)ccc1C)c1sc(C)cc1C. The van der Waals surface area contributed by atoms with Crippen LogP contribution in [0.2, 0.25) is 0 Å². The molecule has 0 saturated heterocycles. The summed E-state index contributed by atoms with van der Waals surface area (Å²) in [5.74, 6) is 0. The number of benzene rings is 1. The summed E-state index contributed by atoms with van der Waals surface area (Å²) < 4.78 is 1.15. The molecule has 3 heteroatoms. The summed E-state index contributed by atoms with van der Waals surface area (Å²) in [5.41, 5.74) is 4.10. The second-order valence-corrected chi connectivity index (χ2v) is 7.50. The van der Waals surface area contributed by atoms with Gasteiger partial charge in [0.1, 0.15) is 0 Å². The van der Waals surface area contributed by atoms with Gasteiger partial charge in [0.05, 0.1) is 6.04 Å². The van der Waals surface area contributed by atoms with Crippen molar-refractivity contribution in [3.8, 4) is 0 Å². The number of thiophene rings is 1. The number of halogens is 1. The highest BCUT2D eigenvalue weighted by atomic mass is 79.9. The van der Waals surface area contributed by atoms with Crippen LogP contribution < -0.4 is 5.32 Å². The van der Waals surface area contributed by atoms with E-state index < -0.39 is 0 Å². The Labute approximate surface area is 134 Å². The molecule has 108 valence electrons. The summed E-state index contributed by atoms with van der Waals surface area (Å²) >= 11 is 5.51. The minimum atomic E-state index is 0.297. The summed E-state index contributed by atoms with van der Waals surface area (Å²) in [4.78, 5) is 2.82. The molecule has 0 fully saturated rings. The Balaban J connectivity index is 2.46. The van der Waals surface area contributed by atoms with E-state index in [4.69, 9.17) is 0 Å². The molecule has 1 aromatic carbocycles. The van der Waals surface area contributed by atoms with Crippen molar-refractivity contribution in [2.24, 2.45) is 0 Å². The van der Waals surface area contributed by atoms with E-state index in [1.165, 1.54) is 26.4 Å². The lowest BCUT2D eigenvalue weighted by molar-refractivity contribution is 0.601. The largest absolute Gasteiger partial charge is 0.306 e. The van der Waals surface area contributed by atoms with Crippen molar-refractivity contribution in [3.05, 3.63) is 55.2 Å². The van der Waals surface area contributed by atoms with Crippen LogP contribution >= 0.6 is 27.3 Å². The van der Waals surface area contributed by atoms with Crippen molar-refractivity contribution < 1.29 is 0 Å². The molecule has 2 rings (SSSR count). The molecule has 0 aliphatic heterocycles. The highest BCUT2D eigenvalue weighted by Crippen LogP contribution is 2.34. The third-order valence-corrected chi connectivity index (χ3v) is 5.20. The Morgan fingerprint density at radius 1 is 1.15 bits per heavy atom. The predicted molar refractivity (Wildman–Crippen MR) is 92.8 cm³/mol. The summed E-state index contributed by atoms with van der Waals surface area (Å²) in [6.07, 6.45) is 1.15. The number of nitrogens with one attached hydrogen (secondary N) is 1. The fourth-order valence-corrected chi connectivity index (χ4v) is 4.01. The van der Waals surface area contributed by atoms with Gasteiger partial charge in [0, 0.05) is 14.2 Å². The molecule has 0 radical (unpaired) electrons. The van der Waals surface area contributed by atoms with Crippen molar-refractivity contribution in [1.29, 1.82) is 0 Å². The molecule has 1 heterocycles. The molecule has 0 spiro atoms. The van der Waals surface area contributed by atoms with E-state index in [0.29, 0.717) is 6.04 Å². The highest BCUT2D eigenvalue weighted by molar-refractivity contribution is 9.10. The van der Waals surface area contributed by atoms with E-state index in [1.54, 1.807) is 0 Å². The third-order valence-electron chi connectivity index (χ3n) is 3.49. The van der Waals surface area contributed by atoms with E-state index in [9.17, 15) is 0 Å². The average Bonchev–Trinajstić information content (AvgIpc) is 2.73. The Hall–Kier alpha value is -0.640. The fraction of sp³-hybridized carbons (Fsp3) is 0.412. The maximum Gasteiger partial charge on any atom is 0.0676 e. The van der Waals surface area contributed by atoms with Crippen LogP contribution in [0.25, 0.3) is 0 Å². The van der Waals surface area contributed by atoms with Crippen LogP contribution in [0.15, 0.2) is 28.7 Å². The van der Waals surface area contributed by atoms with Gasteiger partial charge in [0.25, 0.3) is 0 Å². The van der Waals surface area contributed by atoms with Gasteiger partial charge >= 0.3 is 0 Å². The zero-order chi connectivity index (χ0) is 14.7. The van der Waals surface area contributed by atoms with Crippen LogP contribution in [0, 0.1) is 20.8 Å². The molecule has 0 aliphatic carbocycles. The zero-order valence-electron chi connectivity index (χ0n) is 12.6. The van der Waals surface area contributed by atoms with Crippen LogP contribution in [0.3, 0.4) is 0 Å². The molecule has 1 unspecified atom stereocenters. The molecule has 1 nitrogen and oxygen atoms in total. The summed E-state index contributed by atoms with van der Waals surface area (Å²) in [7, 11) is 0. The van der Waals surface area contributed by atoms with Crippen molar-refractivity contribution in [1.82, 2.24) is 5.32 Å². The molecule has 0 bridgehead atoms. The van der Waals surface area contributed by atoms with Crippen molar-refractivity contribution >= 4 is 27.3 Å². The molecule has 1 N–H and O–H groups in total. The first kappa shape index (κ1) is 15.7. The van der Waals surface area contributed by atoms with Gasteiger partial charge in [-0.3, -0.25) is 0 Å². The van der Waals surface area contributed by atoms with Crippen LogP contribution in [0.1, 0.15) is 45.8 Å². The first-order valence-electron chi connectivity index (χ1n) is 7.09. The summed E-state index contributed by atoms with van der Waals surface area (Å²) in [6.45, 7) is 9.84. The number of hydrogen-bond acceptors (Lipinski definition) is 2. The summed E-state index contributed by atoms with van der Waals surface area (Å²) in [6, 6.07) is 9.13. The van der Waals surface area contributed by atoms with Gasteiger partial charge in [-0.2, -0.15) is 0 Å². The van der Waals surface area contributed by atoms with Crippen LogP contribution in [0.4, 0.5) is 0 Å². The van der Waals surface area contributed by atoms with E-state index in [-0.39, 0.29) is 0 Å². The second kappa shape index (κ2) is 6.88. The lowest BCUT2D eigenvalue weighted by Crippen LogP contribution is -2.23. The van der Waals surface area contributed by atoms with Crippen molar-refractivity contribution in [2.45, 2.75) is 40.2 Å². The van der Waals surface area contributed by atoms with E-state index in [1.807, 2.05) is 11.3 Å². The van der Waals surface area contributed by atoms with Crippen LogP contribution in [-0.4, -0.2) is 6.54 Å². The normalized spacial score (nSPS) is 12.7. The zero-order valence-corrected chi connectivity index (χ0v) is 15.0. The lowest BCUT2D eigenvalue weighted by Gasteiger charge is -2.21. The van der Waals surface area contributed by atoms with Gasteiger partial charge in [0.15, 0.2) is 0 Å². The van der Waals surface area contributed by atoms with Crippen LogP contribution in [-0.2, 0) is 0 Å². The molecule has 1 aromatic heterocycles. The van der Waals surface area contributed by atoms with Gasteiger partial charge in [0.2, 0.25) is 0 Å². The predicted octanol–water partition coefficient (Wildman–Crippen LogP) is 5.52.